The Labute approximate surface area is 134 Å². The Morgan fingerprint density at radius 1 is 1.32 bits per heavy atom. The lowest BCUT2D eigenvalue weighted by atomic mass is 10.3. The van der Waals surface area contributed by atoms with Crippen molar-refractivity contribution in [3.63, 3.8) is 0 Å². The van der Waals surface area contributed by atoms with Crippen LogP contribution in [0.5, 0.6) is 0 Å². The highest BCUT2D eigenvalue weighted by Gasteiger charge is 2.19. The van der Waals surface area contributed by atoms with E-state index in [0.29, 0.717) is 27.4 Å². The molecule has 0 saturated heterocycles. The van der Waals surface area contributed by atoms with Crippen molar-refractivity contribution in [2.24, 2.45) is 0 Å². The van der Waals surface area contributed by atoms with Gasteiger partial charge in [-0.1, -0.05) is 35.5 Å². The van der Waals surface area contributed by atoms with E-state index in [4.69, 9.17) is 16.7 Å². The molecule has 0 spiro atoms. The molecule has 2 aromatic heterocycles. The number of halogens is 1. The van der Waals surface area contributed by atoms with Gasteiger partial charge in [0.1, 0.15) is 5.69 Å². The number of aromatic amines is 1. The number of carboxylic acid groups (broad SMARTS) is 1. The minimum atomic E-state index is -0.929. The molecule has 0 amide bonds. The fraction of sp³-hybridized carbons (Fsp3) is 0.0769. The van der Waals surface area contributed by atoms with E-state index < -0.39 is 5.97 Å². The van der Waals surface area contributed by atoms with Gasteiger partial charge in [-0.15, -0.1) is 10.2 Å². The van der Waals surface area contributed by atoms with Crippen LogP contribution >= 0.6 is 23.4 Å². The zero-order chi connectivity index (χ0) is 15.5. The summed E-state index contributed by atoms with van der Waals surface area (Å²) in [7, 11) is 0. The Balaban J connectivity index is 2.13. The zero-order valence-electron chi connectivity index (χ0n) is 11.1. The molecule has 7 nitrogen and oxygen atoms in total. The second-order valence-electron chi connectivity index (χ2n) is 4.25. The number of rotatable bonds is 5. The molecule has 2 N–H and O–H groups in total. The topological polar surface area (TPSA) is 96.7 Å². The number of hydrogen-bond acceptors (Lipinski definition) is 5. The van der Waals surface area contributed by atoms with E-state index in [9.17, 15) is 4.79 Å². The van der Waals surface area contributed by atoms with Gasteiger partial charge >= 0.3 is 5.97 Å². The number of thioether (sulfide) groups is 1. The standard InChI is InChI=1S/C13H10ClN5O2S/c14-8-3-1-2-4-10(8)19-12(9-5-6-15-16-9)17-18-13(19)22-7-11(20)21/h1-6H,7H2,(H,15,16)(H,20,21). The molecular weight excluding hydrogens is 326 g/mol. The molecule has 0 atom stereocenters. The third kappa shape index (κ3) is 2.83. The van der Waals surface area contributed by atoms with Crippen molar-refractivity contribution in [2.75, 3.05) is 5.75 Å². The van der Waals surface area contributed by atoms with E-state index in [1.165, 1.54) is 0 Å². The van der Waals surface area contributed by atoms with Gasteiger partial charge in [0.25, 0.3) is 0 Å². The van der Waals surface area contributed by atoms with Crippen LogP contribution in [-0.4, -0.2) is 41.8 Å². The van der Waals surface area contributed by atoms with Crippen LogP contribution in [0.1, 0.15) is 0 Å². The molecule has 0 aliphatic carbocycles. The molecule has 9 heteroatoms. The monoisotopic (exact) mass is 335 g/mol. The van der Waals surface area contributed by atoms with Crippen molar-refractivity contribution in [3.05, 3.63) is 41.6 Å². The first-order valence-corrected chi connectivity index (χ1v) is 7.58. The third-order valence-electron chi connectivity index (χ3n) is 2.79. The fourth-order valence-electron chi connectivity index (χ4n) is 1.89. The highest BCUT2D eigenvalue weighted by molar-refractivity contribution is 7.99. The van der Waals surface area contributed by atoms with E-state index in [2.05, 4.69) is 20.4 Å². The molecule has 3 rings (SSSR count). The van der Waals surface area contributed by atoms with Crippen molar-refractivity contribution in [1.82, 2.24) is 25.0 Å². The number of aliphatic carboxylic acids is 1. The first-order valence-electron chi connectivity index (χ1n) is 6.21. The van der Waals surface area contributed by atoms with Crippen LogP contribution in [0.4, 0.5) is 0 Å². The van der Waals surface area contributed by atoms with Gasteiger partial charge in [-0.2, -0.15) is 5.10 Å². The summed E-state index contributed by atoms with van der Waals surface area (Å²) in [6.45, 7) is 0. The van der Waals surface area contributed by atoms with Crippen LogP contribution < -0.4 is 0 Å². The van der Waals surface area contributed by atoms with Gasteiger partial charge in [-0.3, -0.25) is 14.5 Å². The van der Waals surface area contributed by atoms with Gasteiger partial charge in [-0.25, -0.2) is 0 Å². The Kier molecular flexibility index (Phi) is 4.12. The zero-order valence-corrected chi connectivity index (χ0v) is 12.7. The number of aromatic nitrogens is 5. The number of hydrogen-bond donors (Lipinski definition) is 2. The van der Waals surface area contributed by atoms with Crippen molar-refractivity contribution in [1.29, 1.82) is 0 Å². The normalized spacial score (nSPS) is 10.8. The molecule has 112 valence electrons. The Hall–Kier alpha value is -2.32. The largest absolute Gasteiger partial charge is 0.481 e. The molecule has 0 radical (unpaired) electrons. The predicted octanol–water partition coefficient (Wildman–Crippen LogP) is 2.49. The van der Waals surface area contributed by atoms with Crippen LogP contribution in [-0.2, 0) is 4.79 Å². The Bertz CT molecular complexity index is 803. The molecule has 0 fully saturated rings. The number of carbonyl (C=O) groups is 1. The van der Waals surface area contributed by atoms with E-state index in [1.807, 2.05) is 18.2 Å². The molecule has 0 aliphatic rings. The lowest BCUT2D eigenvalue weighted by Crippen LogP contribution is -2.03. The Morgan fingerprint density at radius 3 is 2.82 bits per heavy atom. The van der Waals surface area contributed by atoms with Crippen LogP contribution in [0, 0.1) is 0 Å². The lowest BCUT2D eigenvalue weighted by Gasteiger charge is -2.10. The molecule has 3 aromatic rings. The maximum absolute atomic E-state index is 10.8. The molecule has 0 aliphatic heterocycles. The average Bonchev–Trinajstić information content (AvgIpc) is 3.14. The van der Waals surface area contributed by atoms with Crippen molar-refractivity contribution in [2.45, 2.75) is 5.16 Å². The van der Waals surface area contributed by atoms with Gasteiger partial charge in [0.15, 0.2) is 11.0 Å². The number of H-pyrrole nitrogens is 1. The maximum Gasteiger partial charge on any atom is 0.313 e. The molecule has 22 heavy (non-hydrogen) atoms. The SMILES string of the molecule is O=C(O)CSc1nnc(-c2ccn[nH]2)n1-c1ccccc1Cl. The number of benzene rings is 1. The van der Waals surface area contributed by atoms with Crippen LogP contribution in [0.25, 0.3) is 17.2 Å². The summed E-state index contributed by atoms with van der Waals surface area (Å²) in [5.41, 5.74) is 1.33. The highest BCUT2D eigenvalue weighted by atomic mass is 35.5. The molecule has 0 saturated carbocycles. The Morgan fingerprint density at radius 2 is 2.14 bits per heavy atom. The summed E-state index contributed by atoms with van der Waals surface area (Å²) in [6, 6.07) is 8.97. The summed E-state index contributed by atoms with van der Waals surface area (Å²) in [5, 5.41) is 24.7. The fourth-order valence-corrected chi connectivity index (χ4v) is 2.78. The van der Waals surface area contributed by atoms with Crippen LogP contribution in [0.2, 0.25) is 5.02 Å². The quantitative estimate of drug-likeness (QED) is 0.695. The van der Waals surface area contributed by atoms with E-state index in [-0.39, 0.29) is 5.75 Å². The van der Waals surface area contributed by atoms with Crippen molar-refractivity contribution >= 4 is 29.3 Å². The number of para-hydroxylation sites is 1. The smallest absolute Gasteiger partial charge is 0.313 e. The van der Waals surface area contributed by atoms with Gasteiger partial charge in [0.2, 0.25) is 0 Å². The summed E-state index contributed by atoms with van der Waals surface area (Å²) in [4.78, 5) is 10.8. The van der Waals surface area contributed by atoms with E-state index in [0.717, 1.165) is 11.8 Å². The summed E-state index contributed by atoms with van der Waals surface area (Å²) < 4.78 is 1.71. The third-order valence-corrected chi connectivity index (χ3v) is 4.03. The molecule has 0 bridgehead atoms. The maximum atomic E-state index is 10.8. The summed E-state index contributed by atoms with van der Waals surface area (Å²) in [6.07, 6.45) is 1.60. The van der Waals surface area contributed by atoms with Gasteiger partial charge in [0.05, 0.1) is 16.5 Å². The highest BCUT2D eigenvalue weighted by Crippen LogP contribution is 2.30. The second kappa shape index (κ2) is 6.20. The molecule has 2 heterocycles. The van der Waals surface area contributed by atoms with Crippen LogP contribution in [0.15, 0.2) is 41.7 Å². The van der Waals surface area contributed by atoms with Gasteiger partial charge in [-0.05, 0) is 18.2 Å². The lowest BCUT2D eigenvalue weighted by molar-refractivity contribution is -0.133. The van der Waals surface area contributed by atoms with E-state index >= 15 is 0 Å². The van der Waals surface area contributed by atoms with Gasteiger partial charge in [0, 0.05) is 6.20 Å². The first-order chi connectivity index (χ1) is 10.7. The first kappa shape index (κ1) is 14.6. The minimum absolute atomic E-state index is 0.119. The van der Waals surface area contributed by atoms with Crippen molar-refractivity contribution < 1.29 is 9.90 Å². The van der Waals surface area contributed by atoms with Crippen molar-refractivity contribution in [3.8, 4) is 17.2 Å². The number of nitrogens with zero attached hydrogens (tertiary/aromatic N) is 4. The summed E-state index contributed by atoms with van der Waals surface area (Å²) in [5.74, 6) is -0.536. The van der Waals surface area contributed by atoms with Crippen LogP contribution in [0.3, 0.4) is 0 Å². The predicted molar refractivity (Wildman–Crippen MR) is 82.3 cm³/mol. The van der Waals surface area contributed by atoms with E-state index in [1.54, 1.807) is 22.9 Å². The summed E-state index contributed by atoms with van der Waals surface area (Å²) >= 11 is 7.33. The molecular formula is C13H10ClN5O2S. The van der Waals surface area contributed by atoms with Gasteiger partial charge < -0.3 is 5.11 Å². The number of carboxylic acids is 1. The number of nitrogens with one attached hydrogen (secondary N) is 1. The molecule has 1 aromatic carbocycles. The average molecular weight is 336 g/mol. The minimum Gasteiger partial charge on any atom is -0.481 e. The second-order valence-corrected chi connectivity index (χ2v) is 5.60. The molecule has 0 unspecified atom stereocenters.